The molecule has 1 aliphatic heterocycles. The molecule has 1 aromatic carbocycles. The number of anilines is 1. The zero-order valence-electron chi connectivity index (χ0n) is 10.4. The van der Waals surface area contributed by atoms with Crippen LogP contribution in [-0.4, -0.2) is 24.5 Å². The molecule has 88 valence electrons. The van der Waals surface area contributed by atoms with E-state index < -0.39 is 0 Å². The van der Waals surface area contributed by atoms with Crippen molar-refractivity contribution in [1.29, 1.82) is 0 Å². The molecule has 1 heterocycles. The van der Waals surface area contributed by atoms with E-state index in [1.807, 2.05) is 12.1 Å². The first-order chi connectivity index (χ1) is 7.57. The lowest BCUT2D eigenvalue weighted by Crippen LogP contribution is -2.25. The van der Waals surface area contributed by atoms with E-state index in [1.165, 1.54) is 25.1 Å². The Morgan fingerprint density at radius 1 is 1.31 bits per heavy atom. The van der Waals surface area contributed by atoms with Crippen LogP contribution in [0.2, 0.25) is 0 Å². The Hall–Kier alpha value is -1.02. The summed E-state index contributed by atoms with van der Waals surface area (Å²) in [5, 5.41) is 0. The fourth-order valence-electron chi connectivity index (χ4n) is 2.46. The van der Waals surface area contributed by atoms with Crippen molar-refractivity contribution in [1.82, 2.24) is 4.90 Å². The Kier molecular flexibility index (Phi) is 3.20. The maximum absolute atomic E-state index is 5.94. The Morgan fingerprint density at radius 2 is 2.06 bits per heavy atom. The van der Waals surface area contributed by atoms with Crippen LogP contribution in [0.5, 0.6) is 0 Å². The van der Waals surface area contributed by atoms with E-state index >= 15 is 0 Å². The molecule has 0 aromatic heterocycles. The number of likely N-dealkylation sites (tertiary alicyclic amines) is 1. The number of nitrogens with zero attached hydrogens (tertiary/aromatic N) is 1. The van der Waals surface area contributed by atoms with Crippen molar-refractivity contribution in [3.8, 4) is 0 Å². The summed E-state index contributed by atoms with van der Waals surface area (Å²) < 4.78 is 0. The number of hydrogen-bond donors (Lipinski definition) is 1. The third-order valence-electron chi connectivity index (χ3n) is 3.51. The average molecular weight is 218 g/mol. The van der Waals surface area contributed by atoms with Crippen LogP contribution in [0, 0.1) is 5.41 Å². The van der Waals surface area contributed by atoms with Crippen LogP contribution in [0.1, 0.15) is 25.8 Å². The molecule has 0 atom stereocenters. The van der Waals surface area contributed by atoms with E-state index in [1.54, 1.807) is 0 Å². The molecule has 1 aliphatic rings. The molecule has 0 amide bonds. The lowest BCUT2D eigenvalue weighted by Gasteiger charge is -2.19. The number of rotatable bonds is 3. The molecule has 0 spiro atoms. The summed E-state index contributed by atoms with van der Waals surface area (Å²) in [7, 11) is 0. The Morgan fingerprint density at radius 3 is 2.69 bits per heavy atom. The van der Waals surface area contributed by atoms with E-state index in [0.29, 0.717) is 5.41 Å². The normalized spacial score (nSPS) is 20.1. The summed E-state index contributed by atoms with van der Waals surface area (Å²) in [5.41, 5.74) is 8.66. The van der Waals surface area contributed by atoms with Gasteiger partial charge in [-0.15, -0.1) is 0 Å². The molecule has 1 aromatic rings. The van der Waals surface area contributed by atoms with Gasteiger partial charge in [0.2, 0.25) is 0 Å². The SMILES string of the molecule is CC1(C)CCN(CCc2ccccc2N)C1. The Labute approximate surface area is 98.4 Å². The smallest absolute Gasteiger partial charge is 0.0347 e. The van der Waals surface area contributed by atoms with E-state index in [0.717, 1.165) is 18.7 Å². The van der Waals surface area contributed by atoms with Crippen LogP contribution in [0.15, 0.2) is 24.3 Å². The second-order valence-corrected chi connectivity index (χ2v) is 5.64. The van der Waals surface area contributed by atoms with Crippen molar-refractivity contribution in [2.45, 2.75) is 26.7 Å². The lowest BCUT2D eigenvalue weighted by molar-refractivity contribution is 0.294. The molecule has 0 unspecified atom stereocenters. The molecule has 2 rings (SSSR count). The Balaban J connectivity index is 1.87. The van der Waals surface area contributed by atoms with Gasteiger partial charge in [0.15, 0.2) is 0 Å². The van der Waals surface area contributed by atoms with Gasteiger partial charge in [-0.1, -0.05) is 32.0 Å². The van der Waals surface area contributed by atoms with Gasteiger partial charge in [-0.25, -0.2) is 0 Å². The predicted molar refractivity (Wildman–Crippen MR) is 69.4 cm³/mol. The van der Waals surface area contributed by atoms with Crippen LogP contribution < -0.4 is 5.73 Å². The molecule has 2 nitrogen and oxygen atoms in total. The fraction of sp³-hybridized carbons (Fsp3) is 0.571. The van der Waals surface area contributed by atoms with E-state index in [-0.39, 0.29) is 0 Å². The molecule has 0 bridgehead atoms. The quantitative estimate of drug-likeness (QED) is 0.790. The third kappa shape index (κ3) is 2.76. The molecule has 2 N–H and O–H groups in total. The number of nitrogens with two attached hydrogens (primary N) is 1. The second-order valence-electron chi connectivity index (χ2n) is 5.64. The zero-order valence-corrected chi connectivity index (χ0v) is 10.4. The molecule has 0 aliphatic carbocycles. The largest absolute Gasteiger partial charge is 0.399 e. The van der Waals surface area contributed by atoms with Crippen molar-refractivity contribution in [3.63, 3.8) is 0 Å². The van der Waals surface area contributed by atoms with Gasteiger partial charge in [-0.2, -0.15) is 0 Å². The van der Waals surface area contributed by atoms with Gasteiger partial charge in [0.1, 0.15) is 0 Å². The first-order valence-corrected chi connectivity index (χ1v) is 6.13. The monoisotopic (exact) mass is 218 g/mol. The van der Waals surface area contributed by atoms with Crippen molar-refractivity contribution in [2.24, 2.45) is 5.41 Å². The highest BCUT2D eigenvalue weighted by atomic mass is 15.1. The highest BCUT2D eigenvalue weighted by Gasteiger charge is 2.28. The van der Waals surface area contributed by atoms with E-state index in [4.69, 9.17) is 5.73 Å². The molecule has 16 heavy (non-hydrogen) atoms. The molecular weight excluding hydrogens is 196 g/mol. The molecule has 0 radical (unpaired) electrons. The predicted octanol–water partition coefficient (Wildman–Crippen LogP) is 2.54. The second kappa shape index (κ2) is 4.46. The summed E-state index contributed by atoms with van der Waals surface area (Å²) in [6.07, 6.45) is 2.39. The van der Waals surface area contributed by atoms with Crippen molar-refractivity contribution in [3.05, 3.63) is 29.8 Å². The highest BCUT2D eigenvalue weighted by Crippen LogP contribution is 2.28. The van der Waals surface area contributed by atoms with Crippen LogP contribution in [0.3, 0.4) is 0 Å². The Bertz CT molecular complexity index is 358. The minimum atomic E-state index is 0.502. The van der Waals surface area contributed by atoms with Crippen LogP contribution in [-0.2, 0) is 6.42 Å². The number of benzene rings is 1. The zero-order chi connectivity index (χ0) is 11.6. The van der Waals surface area contributed by atoms with Gasteiger partial charge in [0, 0.05) is 18.8 Å². The van der Waals surface area contributed by atoms with E-state index in [9.17, 15) is 0 Å². The van der Waals surface area contributed by atoms with Gasteiger partial charge >= 0.3 is 0 Å². The highest BCUT2D eigenvalue weighted by molar-refractivity contribution is 5.46. The molecule has 2 heteroatoms. The van der Waals surface area contributed by atoms with Crippen molar-refractivity contribution >= 4 is 5.69 Å². The lowest BCUT2D eigenvalue weighted by atomic mass is 9.93. The average Bonchev–Trinajstić information content (AvgIpc) is 2.57. The summed E-state index contributed by atoms with van der Waals surface area (Å²) in [6, 6.07) is 8.19. The van der Waals surface area contributed by atoms with Gasteiger partial charge in [0.25, 0.3) is 0 Å². The first kappa shape index (κ1) is 11.5. The molecule has 0 saturated carbocycles. The number of para-hydroxylation sites is 1. The molecule has 1 saturated heterocycles. The van der Waals surface area contributed by atoms with Crippen molar-refractivity contribution in [2.75, 3.05) is 25.4 Å². The summed E-state index contributed by atoms with van der Waals surface area (Å²) in [4.78, 5) is 2.55. The maximum atomic E-state index is 5.94. The summed E-state index contributed by atoms with van der Waals surface area (Å²) in [6.45, 7) is 8.30. The van der Waals surface area contributed by atoms with Gasteiger partial charge in [-0.3, -0.25) is 0 Å². The number of nitrogen functional groups attached to an aromatic ring is 1. The van der Waals surface area contributed by atoms with E-state index in [2.05, 4.69) is 30.9 Å². The van der Waals surface area contributed by atoms with Gasteiger partial charge in [0.05, 0.1) is 0 Å². The van der Waals surface area contributed by atoms with Crippen LogP contribution in [0.25, 0.3) is 0 Å². The fourth-order valence-corrected chi connectivity index (χ4v) is 2.46. The van der Waals surface area contributed by atoms with Crippen LogP contribution in [0.4, 0.5) is 5.69 Å². The van der Waals surface area contributed by atoms with Gasteiger partial charge in [-0.05, 0) is 36.4 Å². The minimum Gasteiger partial charge on any atom is -0.399 e. The van der Waals surface area contributed by atoms with Gasteiger partial charge < -0.3 is 10.6 Å². The van der Waals surface area contributed by atoms with Crippen LogP contribution >= 0.6 is 0 Å². The minimum absolute atomic E-state index is 0.502. The standard InChI is InChI=1S/C14H22N2/c1-14(2)8-10-16(11-14)9-7-12-5-3-4-6-13(12)15/h3-6H,7-11,15H2,1-2H3. The molecule has 1 fully saturated rings. The maximum Gasteiger partial charge on any atom is 0.0347 e. The summed E-state index contributed by atoms with van der Waals surface area (Å²) >= 11 is 0. The molecular formula is C14H22N2. The first-order valence-electron chi connectivity index (χ1n) is 6.13. The van der Waals surface area contributed by atoms with Crippen molar-refractivity contribution < 1.29 is 0 Å². The number of hydrogen-bond acceptors (Lipinski definition) is 2. The summed E-state index contributed by atoms with van der Waals surface area (Å²) in [5.74, 6) is 0. The topological polar surface area (TPSA) is 29.3 Å². The third-order valence-corrected chi connectivity index (χ3v) is 3.51.